The summed E-state index contributed by atoms with van der Waals surface area (Å²) in [6.45, 7) is 5.54. The van der Waals surface area contributed by atoms with Gasteiger partial charge < -0.3 is 20.0 Å². The van der Waals surface area contributed by atoms with Crippen LogP contribution in [0.1, 0.15) is 64.4 Å². The van der Waals surface area contributed by atoms with E-state index in [1.165, 1.54) is 4.90 Å². The predicted octanol–water partition coefficient (Wildman–Crippen LogP) is 5.69. The minimum atomic E-state index is -0.777. The number of amides is 3. The summed E-state index contributed by atoms with van der Waals surface area (Å²) < 4.78 is 15.8. The van der Waals surface area contributed by atoms with Crippen LogP contribution in [-0.4, -0.2) is 70.0 Å². The fourth-order valence-corrected chi connectivity index (χ4v) is 7.35. The molecule has 0 spiro atoms. The van der Waals surface area contributed by atoms with Gasteiger partial charge in [-0.15, -0.1) is 0 Å². The maximum Gasteiger partial charge on any atom is 0.255 e. The number of piperidine rings is 1. The van der Waals surface area contributed by atoms with Crippen LogP contribution in [-0.2, 0) is 22.7 Å². The van der Waals surface area contributed by atoms with E-state index >= 15 is 4.39 Å². The highest BCUT2D eigenvalue weighted by Gasteiger charge is 2.40. The number of allylic oxidation sites excluding steroid dienone is 1. The van der Waals surface area contributed by atoms with Gasteiger partial charge in [0.05, 0.1) is 6.54 Å². The molecule has 256 valence electrons. The topological polar surface area (TPSA) is 113 Å². The van der Waals surface area contributed by atoms with E-state index in [0.717, 1.165) is 66.1 Å². The molecule has 3 heterocycles. The second kappa shape index (κ2) is 13.8. The maximum atomic E-state index is 15.8. The average molecular weight is 675 g/mol. The van der Waals surface area contributed by atoms with E-state index in [4.69, 9.17) is 0 Å². The van der Waals surface area contributed by atoms with Crippen LogP contribution >= 0.6 is 0 Å². The van der Waals surface area contributed by atoms with Gasteiger partial charge in [-0.05, 0) is 83.1 Å². The molecule has 10 heteroatoms. The monoisotopic (exact) mass is 674 g/mol. The summed E-state index contributed by atoms with van der Waals surface area (Å²) in [5, 5.41) is 22.1. The quantitative estimate of drug-likeness (QED) is 0.163. The molecule has 1 atom stereocenters. The number of rotatable bonds is 8. The highest BCUT2D eigenvalue weighted by Crippen LogP contribution is 2.37. The number of phenols is 2. The zero-order valence-electron chi connectivity index (χ0n) is 27.9. The molecule has 0 aliphatic carbocycles. The highest BCUT2D eigenvalue weighted by atomic mass is 19.1. The van der Waals surface area contributed by atoms with Crippen LogP contribution in [0, 0.1) is 5.82 Å². The van der Waals surface area contributed by atoms with Crippen molar-refractivity contribution in [1.29, 1.82) is 0 Å². The van der Waals surface area contributed by atoms with Crippen molar-refractivity contribution in [1.82, 2.24) is 15.1 Å². The third kappa shape index (κ3) is 6.46. The number of hydrogen-bond donors (Lipinski definition) is 3. The SMILES string of the molecule is CCC(=C(c1ccc(O)cc1)c1ccc(N2CCN(Cc3ccc4c(c3F)CN(C3CCC(=O)NC3=O)C4=O)CC2)cc1)c1ccc(O)cc1. The van der Waals surface area contributed by atoms with E-state index < -0.39 is 17.8 Å². The fourth-order valence-electron chi connectivity index (χ4n) is 7.35. The summed E-state index contributed by atoms with van der Waals surface area (Å²) in [7, 11) is 0. The molecule has 3 aliphatic rings. The summed E-state index contributed by atoms with van der Waals surface area (Å²) in [4.78, 5) is 43.0. The Balaban J connectivity index is 1.04. The van der Waals surface area contributed by atoms with Gasteiger partial charge in [0.1, 0.15) is 23.4 Å². The highest BCUT2D eigenvalue weighted by molar-refractivity contribution is 6.05. The number of carbonyl (C=O) groups is 3. The van der Waals surface area contributed by atoms with Crippen LogP contribution in [0.2, 0.25) is 0 Å². The van der Waals surface area contributed by atoms with Gasteiger partial charge in [-0.2, -0.15) is 0 Å². The molecule has 4 aromatic rings. The van der Waals surface area contributed by atoms with Crippen molar-refractivity contribution in [2.45, 2.75) is 45.3 Å². The van der Waals surface area contributed by atoms with Crippen molar-refractivity contribution in [2.75, 3.05) is 31.1 Å². The lowest BCUT2D eigenvalue weighted by Gasteiger charge is -2.36. The molecule has 7 rings (SSSR count). The third-order valence-corrected chi connectivity index (χ3v) is 10.0. The molecule has 2 saturated heterocycles. The summed E-state index contributed by atoms with van der Waals surface area (Å²) in [6, 6.07) is 25.5. The summed E-state index contributed by atoms with van der Waals surface area (Å²) in [6.07, 6.45) is 1.16. The van der Waals surface area contributed by atoms with Gasteiger partial charge in [0.25, 0.3) is 5.91 Å². The zero-order valence-corrected chi connectivity index (χ0v) is 27.9. The minimum absolute atomic E-state index is 0.0161. The van der Waals surface area contributed by atoms with Crippen molar-refractivity contribution >= 4 is 34.6 Å². The van der Waals surface area contributed by atoms with Crippen molar-refractivity contribution in [3.63, 3.8) is 0 Å². The molecule has 0 radical (unpaired) electrons. The molecular formula is C40H39FN4O5. The number of fused-ring (bicyclic) bond motifs is 1. The number of halogens is 1. The third-order valence-electron chi connectivity index (χ3n) is 10.0. The van der Waals surface area contributed by atoms with Gasteiger partial charge in [-0.1, -0.05) is 49.4 Å². The van der Waals surface area contributed by atoms with Crippen molar-refractivity contribution in [3.05, 3.63) is 124 Å². The number of benzene rings is 4. The maximum absolute atomic E-state index is 15.8. The lowest BCUT2D eigenvalue weighted by molar-refractivity contribution is -0.136. The molecule has 0 saturated carbocycles. The van der Waals surface area contributed by atoms with Crippen molar-refractivity contribution in [2.24, 2.45) is 0 Å². The van der Waals surface area contributed by atoms with Crippen LogP contribution in [0.25, 0.3) is 11.1 Å². The van der Waals surface area contributed by atoms with Crippen LogP contribution < -0.4 is 10.2 Å². The Morgan fingerprint density at radius 1 is 0.800 bits per heavy atom. The minimum Gasteiger partial charge on any atom is -0.508 e. The van der Waals surface area contributed by atoms with Crippen LogP contribution in [0.3, 0.4) is 0 Å². The second-order valence-corrected chi connectivity index (χ2v) is 13.1. The van der Waals surface area contributed by atoms with E-state index in [1.54, 1.807) is 36.4 Å². The molecule has 0 aromatic heterocycles. The van der Waals surface area contributed by atoms with Crippen molar-refractivity contribution < 1.29 is 29.0 Å². The van der Waals surface area contributed by atoms with E-state index in [1.807, 2.05) is 24.3 Å². The zero-order chi connectivity index (χ0) is 34.9. The van der Waals surface area contributed by atoms with Crippen LogP contribution in [0.4, 0.5) is 10.1 Å². The Bertz CT molecular complexity index is 1970. The number of piperazine rings is 1. The second-order valence-electron chi connectivity index (χ2n) is 13.1. The van der Waals surface area contributed by atoms with Gasteiger partial charge in [0.15, 0.2) is 0 Å². The van der Waals surface area contributed by atoms with E-state index in [-0.39, 0.29) is 48.3 Å². The van der Waals surface area contributed by atoms with E-state index in [0.29, 0.717) is 17.7 Å². The Labute approximate surface area is 290 Å². The molecule has 3 amide bonds. The Hall–Kier alpha value is -5.48. The molecular weight excluding hydrogens is 635 g/mol. The predicted molar refractivity (Wildman–Crippen MR) is 189 cm³/mol. The Morgan fingerprint density at radius 3 is 2.00 bits per heavy atom. The number of carbonyl (C=O) groups excluding carboxylic acids is 3. The first-order chi connectivity index (χ1) is 24.2. The summed E-state index contributed by atoms with van der Waals surface area (Å²) in [5.74, 6) is -1.23. The Kier molecular flexibility index (Phi) is 9.12. The smallest absolute Gasteiger partial charge is 0.255 e. The van der Waals surface area contributed by atoms with Gasteiger partial charge in [-0.3, -0.25) is 24.6 Å². The molecule has 0 bridgehead atoms. The van der Waals surface area contributed by atoms with Gasteiger partial charge in [-0.25, -0.2) is 4.39 Å². The Morgan fingerprint density at radius 2 is 1.40 bits per heavy atom. The first-order valence-corrected chi connectivity index (χ1v) is 17.0. The number of imide groups is 1. The van der Waals surface area contributed by atoms with Gasteiger partial charge in [0, 0.05) is 61.5 Å². The fraction of sp³-hybridized carbons (Fsp3) is 0.275. The lowest BCUT2D eigenvalue weighted by atomic mass is 9.88. The average Bonchev–Trinajstić information content (AvgIpc) is 3.46. The molecule has 1 unspecified atom stereocenters. The van der Waals surface area contributed by atoms with E-state index in [9.17, 15) is 24.6 Å². The molecule has 50 heavy (non-hydrogen) atoms. The van der Waals surface area contributed by atoms with Crippen molar-refractivity contribution in [3.8, 4) is 11.5 Å². The summed E-state index contributed by atoms with van der Waals surface area (Å²) in [5.41, 5.74) is 7.45. The molecule has 3 N–H and O–H groups in total. The van der Waals surface area contributed by atoms with Crippen LogP contribution in [0.5, 0.6) is 11.5 Å². The molecule has 2 fully saturated rings. The first kappa shape index (κ1) is 33.0. The number of nitrogens with zero attached hydrogens (tertiary/aromatic N) is 3. The molecule has 4 aromatic carbocycles. The summed E-state index contributed by atoms with van der Waals surface area (Å²) >= 11 is 0. The number of aromatic hydroxyl groups is 2. The van der Waals surface area contributed by atoms with Gasteiger partial charge >= 0.3 is 0 Å². The molecule has 9 nitrogen and oxygen atoms in total. The number of nitrogens with one attached hydrogen (secondary N) is 1. The largest absolute Gasteiger partial charge is 0.508 e. The van der Waals surface area contributed by atoms with Crippen LogP contribution in [0.15, 0.2) is 84.9 Å². The number of phenolic OH excluding ortho intramolecular Hbond substituents is 2. The number of anilines is 1. The number of hydrogen-bond acceptors (Lipinski definition) is 7. The lowest BCUT2D eigenvalue weighted by Crippen LogP contribution is -2.52. The normalized spacial score (nSPS) is 18.6. The van der Waals surface area contributed by atoms with E-state index in [2.05, 4.69) is 46.3 Å². The first-order valence-electron chi connectivity index (χ1n) is 17.0. The van der Waals surface area contributed by atoms with Gasteiger partial charge in [0.2, 0.25) is 11.8 Å². The standard InChI is InChI=1S/C40H39FN4O5/c1-2-32(25-5-12-30(46)13-6-25)37(27-7-14-31(47)15-8-27)26-3-10-29(11-4-26)44-21-19-43(20-22-44)23-28-9-16-33-34(38(28)41)24-45(40(33)50)35-17-18-36(48)42-39(35)49/h3-16,35,46-47H,2,17-24H2,1H3,(H,42,48,49). The molecule has 3 aliphatic heterocycles.